The van der Waals surface area contributed by atoms with Gasteiger partial charge in [-0.2, -0.15) is 0 Å². The fraction of sp³-hybridized carbons (Fsp3) is 0. The van der Waals surface area contributed by atoms with Crippen LogP contribution < -0.4 is 0 Å². The van der Waals surface area contributed by atoms with Crippen molar-refractivity contribution in [2.75, 3.05) is 0 Å². The molecule has 4 rings (SSSR count). The molecule has 146 valence electrons. The van der Waals surface area contributed by atoms with Gasteiger partial charge in [-0.25, -0.2) is 26.0 Å². The zero-order chi connectivity index (χ0) is 20.8. The third-order valence-corrected chi connectivity index (χ3v) is 6.09. The SMILES string of the molecule is O=S(=O)(c1cc(F)cc(F)c1)c1cnc2ccc(F)cc2c1-c1cccc(F)c1. The first kappa shape index (κ1) is 19.1. The van der Waals surface area contributed by atoms with E-state index in [0.29, 0.717) is 18.2 Å². The van der Waals surface area contributed by atoms with Gasteiger partial charge in [0.1, 0.15) is 23.3 Å². The van der Waals surface area contributed by atoms with Crippen molar-refractivity contribution < 1.29 is 26.0 Å². The molecule has 0 aliphatic carbocycles. The van der Waals surface area contributed by atoms with Gasteiger partial charge in [0.25, 0.3) is 0 Å². The van der Waals surface area contributed by atoms with E-state index in [4.69, 9.17) is 0 Å². The number of pyridine rings is 1. The maximum Gasteiger partial charge on any atom is 0.208 e. The first-order valence-electron chi connectivity index (χ1n) is 8.31. The maximum absolute atomic E-state index is 13.9. The van der Waals surface area contributed by atoms with Gasteiger partial charge in [-0.3, -0.25) is 4.98 Å². The Labute approximate surface area is 163 Å². The van der Waals surface area contributed by atoms with Crippen LogP contribution in [0.3, 0.4) is 0 Å². The van der Waals surface area contributed by atoms with Gasteiger partial charge in [0.05, 0.1) is 15.3 Å². The first-order valence-corrected chi connectivity index (χ1v) is 9.79. The van der Waals surface area contributed by atoms with E-state index in [2.05, 4.69) is 4.98 Å². The van der Waals surface area contributed by atoms with Gasteiger partial charge in [-0.15, -0.1) is 0 Å². The third kappa shape index (κ3) is 3.47. The van der Waals surface area contributed by atoms with Crippen molar-refractivity contribution in [1.82, 2.24) is 4.98 Å². The Morgan fingerprint density at radius 1 is 0.724 bits per heavy atom. The van der Waals surface area contributed by atoms with Crippen LogP contribution in [0.2, 0.25) is 0 Å². The van der Waals surface area contributed by atoms with Crippen molar-refractivity contribution in [1.29, 1.82) is 0 Å². The molecule has 0 aliphatic rings. The van der Waals surface area contributed by atoms with E-state index in [9.17, 15) is 26.0 Å². The van der Waals surface area contributed by atoms with E-state index in [-0.39, 0.29) is 22.0 Å². The molecule has 1 aromatic heterocycles. The van der Waals surface area contributed by atoms with Gasteiger partial charge in [0, 0.05) is 23.2 Å². The smallest absolute Gasteiger partial charge is 0.208 e. The minimum absolute atomic E-state index is 0.0151. The second-order valence-corrected chi connectivity index (χ2v) is 8.20. The second kappa shape index (κ2) is 6.97. The Bertz CT molecular complexity index is 1350. The molecule has 29 heavy (non-hydrogen) atoms. The molecule has 0 saturated heterocycles. The highest BCUT2D eigenvalue weighted by Gasteiger charge is 2.26. The summed E-state index contributed by atoms with van der Waals surface area (Å²) in [6.45, 7) is 0. The van der Waals surface area contributed by atoms with Gasteiger partial charge >= 0.3 is 0 Å². The van der Waals surface area contributed by atoms with E-state index in [0.717, 1.165) is 24.4 Å². The summed E-state index contributed by atoms with van der Waals surface area (Å²) in [7, 11) is -4.47. The van der Waals surface area contributed by atoms with Crippen LogP contribution in [0.25, 0.3) is 22.0 Å². The predicted molar refractivity (Wildman–Crippen MR) is 98.9 cm³/mol. The monoisotopic (exact) mass is 417 g/mol. The van der Waals surface area contributed by atoms with Crippen LogP contribution in [-0.4, -0.2) is 13.4 Å². The molecule has 0 fully saturated rings. The summed E-state index contributed by atoms with van der Waals surface area (Å²) in [5.41, 5.74) is 0.409. The minimum atomic E-state index is -4.47. The summed E-state index contributed by atoms with van der Waals surface area (Å²) in [4.78, 5) is 2.98. The number of hydrogen-bond donors (Lipinski definition) is 0. The lowest BCUT2D eigenvalue weighted by atomic mass is 10.0. The van der Waals surface area contributed by atoms with E-state index in [1.165, 1.54) is 24.3 Å². The van der Waals surface area contributed by atoms with Crippen LogP contribution in [0.5, 0.6) is 0 Å². The zero-order valence-corrected chi connectivity index (χ0v) is 15.4. The highest BCUT2D eigenvalue weighted by molar-refractivity contribution is 7.91. The Balaban J connectivity index is 2.11. The molecule has 0 aliphatic heterocycles. The Kier molecular flexibility index (Phi) is 4.58. The fourth-order valence-electron chi connectivity index (χ4n) is 3.10. The van der Waals surface area contributed by atoms with Crippen LogP contribution in [0.1, 0.15) is 0 Å². The van der Waals surface area contributed by atoms with Crippen molar-refractivity contribution >= 4 is 20.7 Å². The molecule has 0 atom stereocenters. The molecule has 0 amide bonds. The molecular formula is C21H11F4NO2S. The quantitative estimate of drug-likeness (QED) is 0.426. The molecule has 3 aromatic carbocycles. The number of rotatable bonds is 3. The molecule has 0 unspecified atom stereocenters. The van der Waals surface area contributed by atoms with Crippen molar-refractivity contribution in [3.8, 4) is 11.1 Å². The van der Waals surface area contributed by atoms with Crippen LogP contribution >= 0.6 is 0 Å². The molecule has 8 heteroatoms. The molecule has 4 aromatic rings. The highest BCUT2D eigenvalue weighted by atomic mass is 32.2. The molecule has 0 N–H and O–H groups in total. The first-order chi connectivity index (χ1) is 13.8. The lowest BCUT2D eigenvalue weighted by molar-refractivity contribution is 0.567. The molecule has 0 spiro atoms. The molecule has 3 nitrogen and oxygen atoms in total. The zero-order valence-electron chi connectivity index (χ0n) is 14.5. The fourth-order valence-corrected chi connectivity index (χ4v) is 4.58. The van der Waals surface area contributed by atoms with Crippen LogP contribution in [-0.2, 0) is 9.84 Å². The second-order valence-electron chi connectivity index (χ2n) is 6.28. The number of fused-ring (bicyclic) bond motifs is 1. The molecular weight excluding hydrogens is 406 g/mol. The molecule has 0 radical (unpaired) electrons. The van der Waals surface area contributed by atoms with E-state index in [1.807, 2.05) is 0 Å². The number of benzene rings is 3. The normalized spacial score (nSPS) is 11.7. The Hall–Kier alpha value is -3.26. The lowest BCUT2D eigenvalue weighted by Gasteiger charge is -2.14. The third-order valence-electron chi connectivity index (χ3n) is 4.34. The van der Waals surface area contributed by atoms with Crippen molar-refractivity contribution in [2.24, 2.45) is 0 Å². The van der Waals surface area contributed by atoms with Crippen LogP contribution in [0.15, 0.2) is 76.7 Å². The van der Waals surface area contributed by atoms with Gasteiger partial charge in [-0.05, 0) is 48.0 Å². The summed E-state index contributed by atoms with van der Waals surface area (Å²) in [6, 6.07) is 10.5. The standard InChI is InChI=1S/C21H11F4NO2S/c22-13-3-1-2-12(6-13)21-18-10-14(23)4-5-19(18)26-11-20(21)29(27,28)17-8-15(24)7-16(25)9-17/h1-11H. The van der Waals surface area contributed by atoms with Crippen LogP contribution in [0, 0.1) is 23.3 Å². The summed E-state index contributed by atoms with van der Waals surface area (Å²) in [5.74, 6) is -3.43. The van der Waals surface area contributed by atoms with E-state index in [1.54, 1.807) is 0 Å². The van der Waals surface area contributed by atoms with Gasteiger partial charge < -0.3 is 0 Å². The summed E-state index contributed by atoms with van der Waals surface area (Å²) < 4.78 is 81.4. The average Bonchev–Trinajstić information content (AvgIpc) is 2.66. The average molecular weight is 417 g/mol. The maximum atomic E-state index is 13.9. The minimum Gasteiger partial charge on any atom is -0.255 e. The van der Waals surface area contributed by atoms with Gasteiger partial charge in [-0.1, -0.05) is 12.1 Å². The number of nitrogens with zero attached hydrogens (tertiary/aromatic N) is 1. The molecule has 1 heterocycles. The molecule has 0 saturated carbocycles. The van der Waals surface area contributed by atoms with Gasteiger partial charge in [0.2, 0.25) is 9.84 Å². The Morgan fingerprint density at radius 3 is 2.10 bits per heavy atom. The molecule has 0 bridgehead atoms. The topological polar surface area (TPSA) is 47.0 Å². The number of hydrogen-bond acceptors (Lipinski definition) is 3. The number of aromatic nitrogens is 1. The summed E-state index contributed by atoms with van der Waals surface area (Å²) in [6.07, 6.45) is 1.01. The van der Waals surface area contributed by atoms with Gasteiger partial charge in [0.15, 0.2) is 0 Å². The van der Waals surface area contributed by atoms with Crippen molar-refractivity contribution in [3.63, 3.8) is 0 Å². The Morgan fingerprint density at radius 2 is 1.41 bits per heavy atom. The lowest BCUT2D eigenvalue weighted by Crippen LogP contribution is -2.07. The summed E-state index contributed by atoms with van der Waals surface area (Å²) in [5, 5.41) is 0.119. The largest absolute Gasteiger partial charge is 0.255 e. The highest BCUT2D eigenvalue weighted by Crippen LogP contribution is 2.37. The van der Waals surface area contributed by atoms with Crippen molar-refractivity contribution in [3.05, 3.63) is 90.1 Å². The van der Waals surface area contributed by atoms with Crippen molar-refractivity contribution in [2.45, 2.75) is 9.79 Å². The van der Waals surface area contributed by atoms with E-state index < -0.39 is 42.9 Å². The van der Waals surface area contributed by atoms with E-state index >= 15 is 0 Å². The predicted octanol–water partition coefficient (Wildman–Crippen LogP) is 5.29. The van der Waals surface area contributed by atoms with Crippen LogP contribution in [0.4, 0.5) is 17.6 Å². The number of sulfone groups is 1. The number of halogens is 4. The summed E-state index contributed by atoms with van der Waals surface area (Å²) >= 11 is 0.